The summed E-state index contributed by atoms with van der Waals surface area (Å²) >= 11 is 0. The van der Waals surface area contributed by atoms with Crippen LogP contribution in [0.25, 0.3) is 10.8 Å². The van der Waals surface area contributed by atoms with E-state index >= 15 is 4.39 Å². The molecule has 1 aliphatic heterocycles. The molecule has 4 rings (SSSR count). The zero-order chi connectivity index (χ0) is 25.1. The third-order valence-corrected chi connectivity index (χ3v) is 5.61. The number of hydrogen-bond donors (Lipinski definition) is 0. The summed E-state index contributed by atoms with van der Waals surface area (Å²) in [6.07, 6.45) is 0.541. The number of rotatable bonds is 9. The minimum Gasteiger partial charge on any atom is -0.492 e. The predicted octanol–water partition coefficient (Wildman–Crippen LogP) is 5.64. The van der Waals surface area contributed by atoms with Gasteiger partial charge in [0.1, 0.15) is 17.3 Å². The molecule has 0 atom stereocenters. The molecule has 0 aromatic heterocycles. The largest absolute Gasteiger partial charge is 0.492 e. The molecule has 1 aliphatic rings. The fourth-order valence-electron chi connectivity index (χ4n) is 4.20. The van der Waals surface area contributed by atoms with Crippen LogP contribution >= 0.6 is 0 Å². The summed E-state index contributed by atoms with van der Waals surface area (Å²) in [5, 5.41) is 0.827. The Bertz CT molecular complexity index is 1280. The van der Waals surface area contributed by atoms with Crippen molar-refractivity contribution >= 4 is 28.3 Å². The SMILES string of the molecule is CCCOc1c2c(c(OC(F)F)c3ccccc13)CN(c1ccc(CC(=O)OCC)cc1F)C2=O. The molecule has 0 radical (unpaired) electrons. The molecule has 0 saturated heterocycles. The van der Waals surface area contributed by atoms with E-state index in [1.165, 1.54) is 12.1 Å². The first-order valence-electron chi connectivity index (χ1n) is 11.3. The van der Waals surface area contributed by atoms with E-state index in [0.29, 0.717) is 29.4 Å². The summed E-state index contributed by atoms with van der Waals surface area (Å²) in [5.41, 5.74) is 0.610. The molecule has 0 N–H and O–H groups in total. The van der Waals surface area contributed by atoms with Gasteiger partial charge in [-0.1, -0.05) is 37.3 Å². The highest BCUT2D eigenvalue weighted by atomic mass is 19.3. The van der Waals surface area contributed by atoms with E-state index in [-0.39, 0.29) is 47.9 Å². The van der Waals surface area contributed by atoms with E-state index in [0.717, 1.165) is 11.0 Å². The van der Waals surface area contributed by atoms with Gasteiger partial charge >= 0.3 is 12.6 Å². The van der Waals surface area contributed by atoms with Crippen LogP contribution < -0.4 is 14.4 Å². The Labute approximate surface area is 200 Å². The Hall–Kier alpha value is -3.75. The minimum atomic E-state index is -3.12. The van der Waals surface area contributed by atoms with Gasteiger partial charge in [0, 0.05) is 16.3 Å². The summed E-state index contributed by atoms with van der Waals surface area (Å²) in [6.45, 7) is 0.782. The van der Waals surface area contributed by atoms with Crippen LogP contribution in [0.1, 0.15) is 41.8 Å². The lowest BCUT2D eigenvalue weighted by molar-refractivity contribution is -0.142. The number of carbonyl (C=O) groups is 2. The molecule has 35 heavy (non-hydrogen) atoms. The van der Waals surface area contributed by atoms with Crippen LogP contribution in [0, 0.1) is 5.82 Å². The standard InChI is InChI=1S/C26H24F3NO5/c1-3-11-34-24-17-8-6-5-7-16(17)23(35-26(28)29)18-14-30(25(32)22(18)24)20-10-9-15(12-19(20)27)13-21(31)33-4-2/h5-10,12,26H,3-4,11,13-14H2,1-2H3. The first-order chi connectivity index (χ1) is 16.8. The maximum absolute atomic E-state index is 15.1. The van der Waals surface area contributed by atoms with Crippen molar-refractivity contribution in [2.45, 2.75) is 39.8 Å². The summed E-state index contributed by atoms with van der Waals surface area (Å²) in [4.78, 5) is 26.4. The minimum absolute atomic E-state index is 0.0488. The third-order valence-electron chi connectivity index (χ3n) is 5.61. The number of hydrogen-bond acceptors (Lipinski definition) is 5. The predicted molar refractivity (Wildman–Crippen MR) is 124 cm³/mol. The molecule has 0 fully saturated rings. The van der Waals surface area contributed by atoms with E-state index in [1.807, 2.05) is 6.92 Å². The van der Waals surface area contributed by atoms with Gasteiger partial charge in [-0.25, -0.2) is 4.39 Å². The lowest BCUT2D eigenvalue weighted by Gasteiger charge is -2.17. The van der Waals surface area contributed by atoms with Gasteiger partial charge in [0.25, 0.3) is 5.91 Å². The number of halogens is 3. The van der Waals surface area contributed by atoms with Gasteiger partial charge in [-0.05, 0) is 31.0 Å². The fraction of sp³-hybridized carbons (Fsp3) is 0.308. The van der Waals surface area contributed by atoms with Gasteiger partial charge in [0.15, 0.2) is 0 Å². The van der Waals surface area contributed by atoms with Crippen molar-refractivity contribution in [3.63, 3.8) is 0 Å². The molecule has 6 nitrogen and oxygen atoms in total. The van der Waals surface area contributed by atoms with E-state index in [9.17, 15) is 18.4 Å². The maximum Gasteiger partial charge on any atom is 0.387 e. The van der Waals surface area contributed by atoms with Gasteiger partial charge in [0.2, 0.25) is 0 Å². The number of fused-ring (bicyclic) bond motifs is 2. The van der Waals surface area contributed by atoms with E-state index < -0.39 is 24.3 Å². The van der Waals surface area contributed by atoms with Crippen LogP contribution in [0.15, 0.2) is 42.5 Å². The van der Waals surface area contributed by atoms with Crippen LogP contribution in [0.5, 0.6) is 11.5 Å². The van der Waals surface area contributed by atoms with E-state index in [4.69, 9.17) is 14.2 Å². The normalized spacial score (nSPS) is 12.9. The second-order valence-corrected chi connectivity index (χ2v) is 7.94. The highest BCUT2D eigenvalue weighted by molar-refractivity contribution is 6.17. The summed E-state index contributed by atoms with van der Waals surface area (Å²) in [5.74, 6) is -1.70. The fourth-order valence-corrected chi connectivity index (χ4v) is 4.20. The third kappa shape index (κ3) is 4.76. The molecule has 1 heterocycles. The Kier molecular flexibility index (Phi) is 7.14. The number of nitrogens with zero attached hydrogens (tertiary/aromatic N) is 1. The van der Waals surface area contributed by atoms with Crippen LogP contribution in [0.3, 0.4) is 0 Å². The van der Waals surface area contributed by atoms with Gasteiger partial charge in [-0.2, -0.15) is 8.78 Å². The van der Waals surface area contributed by atoms with Crippen LogP contribution in [-0.2, 0) is 22.5 Å². The number of amides is 1. The second kappa shape index (κ2) is 10.2. The van der Waals surface area contributed by atoms with Gasteiger partial charge < -0.3 is 19.1 Å². The number of esters is 1. The van der Waals surface area contributed by atoms with Crippen molar-refractivity contribution in [3.05, 3.63) is 65.0 Å². The summed E-state index contributed by atoms with van der Waals surface area (Å²) in [6, 6.07) is 10.7. The van der Waals surface area contributed by atoms with Gasteiger partial charge in [-0.15, -0.1) is 0 Å². The monoisotopic (exact) mass is 487 g/mol. The van der Waals surface area contributed by atoms with Crippen LogP contribution in [0.4, 0.5) is 18.9 Å². The second-order valence-electron chi connectivity index (χ2n) is 7.94. The van der Waals surface area contributed by atoms with E-state index in [1.54, 1.807) is 31.2 Å². The number of benzene rings is 3. The molecule has 0 bridgehead atoms. The smallest absolute Gasteiger partial charge is 0.387 e. The lowest BCUT2D eigenvalue weighted by Crippen LogP contribution is -2.24. The molecular weight excluding hydrogens is 463 g/mol. The van der Waals surface area contributed by atoms with Crippen LogP contribution in [-0.4, -0.2) is 31.7 Å². The van der Waals surface area contributed by atoms with Gasteiger partial charge in [0.05, 0.1) is 37.4 Å². The topological polar surface area (TPSA) is 65.1 Å². The Balaban J connectivity index is 1.80. The average Bonchev–Trinajstić information content (AvgIpc) is 3.15. The lowest BCUT2D eigenvalue weighted by atomic mass is 9.99. The van der Waals surface area contributed by atoms with Crippen molar-refractivity contribution in [1.29, 1.82) is 0 Å². The molecule has 0 unspecified atom stereocenters. The van der Waals surface area contributed by atoms with Crippen molar-refractivity contribution in [2.75, 3.05) is 18.1 Å². The zero-order valence-electron chi connectivity index (χ0n) is 19.3. The number of carbonyl (C=O) groups excluding carboxylic acids is 2. The molecule has 1 amide bonds. The molecule has 3 aromatic rings. The molecule has 184 valence electrons. The van der Waals surface area contributed by atoms with E-state index in [2.05, 4.69) is 0 Å². The molecule has 0 aliphatic carbocycles. The van der Waals surface area contributed by atoms with Gasteiger partial charge in [-0.3, -0.25) is 9.59 Å². The van der Waals surface area contributed by atoms with Crippen LogP contribution in [0.2, 0.25) is 0 Å². The first-order valence-corrected chi connectivity index (χ1v) is 11.3. The molecule has 3 aromatic carbocycles. The van der Waals surface area contributed by atoms with Crippen molar-refractivity contribution in [2.24, 2.45) is 0 Å². The highest BCUT2D eigenvalue weighted by Gasteiger charge is 2.38. The maximum atomic E-state index is 15.1. The highest BCUT2D eigenvalue weighted by Crippen LogP contribution is 2.46. The first kappa shape index (κ1) is 24.4. The molecule has 0 spiro atoms. The zero-order valence-corrected chi connectivity index (χ0v) is 19.3. The number of anilines is 1. The summed E-state index contributed by atoms with van der Waals surface area (Å²) in [7, 11) is 0. The molecule has 0 saturated carbocycles. The Morgan fingerprint density at radius 1 is 1.09 bits per heavy atom. The molecule has 9 heteroatoms. The number of alkyl halides is 2. The van der Waals surface area contributed by atoms with Crippen molar-refractivity contribution < 1.29 is 37.0 Å². The quantitative estimate of drug-likeness (QED) is 0.366. The average molecular weight is 487 g/mol. The summed E-state index contributed by atoms with van der Waals surface area (Å²) < 4.78 is 57.5. The van der Waals surface area contributed by atoms with Crippen molar-refractivity contribution in [1.82, 2.24) is 0 Å². The number of ether oxygens (including phenoxy) is 3. The Morgan fingerprint density at radius 2 is 1.80 bits per heavy atom. The molecular formula is C26H24F3NO5. The van der Waals surface area contributed by atoms with Crippen molar-refractivity contribution in [3.8, 4) is 11.5 Å². The Morgan fingerprint density at radius 3 is 2.43 bits per heavy atom.